The van der Waals surface area contributed by atoms with Gasteiger partial charge >= 0.3 is 6.03 Å². The van der Waals surface area contributed by atoms with Gasteiger partial charge in [0.2, 0.25) is 0 Å². The van der Waals surface area contributed by atoms with Gasteiger partial charge in [0.25, 0.3) is 0 Å². The number of urea groups is 1. The van der Waals surface area contributed by atoms with Crippen LogP contribution in [0.4, 0.5) is 4.79 Å². The average Bonchev–Trinajstić information content (AvgIpc) is 2.61. The zero-order valence-electron chi connectivity index (χ0n) is 14.2. The fourth-order valence-electron chi connectivity index (χ4n) is 2.08. The van der Waals surface area contributed by atoms with Gasteiger partial charge in [0, 0.05) is 20.2 Å². The molecule has 2 rings (SSSR count). The number of aryl methyl sites for hydroxylation is 1. The van der Waals surface area contributed by atoms with Crippen LogP contribution in [-0.4, -0.2) is 26.4 Å². The van der Waals surface area contributed by atoms with Crippen LogP contribution in [0.1, 0.15) is 16.7 Å². The van der Waals surface area contributed by atoms with Crippen molar-refractivity contribution in [2.24, 2.45) is 0 Å². The smallest absolute Gasteiger partial charge is 0.315 e. The van der Waals surface area contributed by atoms with Crippen molar-refractivity contribution in [3.63, 3.8) is 0 Å². The molecule has 128 valence electrons. The quantitative estimate of drug-likeness (QED) is 0.732. The molecule has 5 heteroatoms. The largest absolute Gasteiger partial charge is 0.491 e. The van der Waals surface area contributed by atoms with Gasteiger partial charge < -0.3 is 20.1 Å². The molecule has 5 nitrogen and oxygen atoms in total. The summed E-state index contributed by atoms with van der Waals surface area (Å²) in [5.74, 6) is 0.791. The summed E-state index contributed by atoms with van der Waals surface area (Å²) in [6, 6.07) is 15.5. The Morgan fingerprint density at radius 2 is 1.42 bits per heavy atom. The Kier molecular flexibility index (Phi) is 7.11. The van der Waals surface area contributed by atoms with E-state index in [-0.39, 0.29) is 6.03 Å². The second-order valence-electron chi connectivity index (χ2n) is 5.51. The van der Waals surface area contributed by atoms with Crippen molar-refractivity contribution in [1.29, 1.82) is 0 Å². The summed E-state index contributed by atoms with van der Waals surface area (Å²) in [5, 5.41) is 5.69. The maximum Gasteiger partial charge on any atom is 0.315 e. The highest BCUT2D eigenvalue weighted by atomic mass is 16.5. The van der Waals surface area contributed by atoms with E-state index in [1.807, 2.05) is 55.5 Å². The molecule has 0 unspecified atom stereocenters. The Bertz CT molecular complexity index is 624. The van der Waals surface area contributed by atoms with E-state index in [1.165, 1.54) is 5.56 Å². The number of carbonyl (C=O) groups is 1. The van der Waals surface area contributed by atoms with E-state index in [0.29, 0.717) is 26.3 Å². The highest BCUT2D eigenvalue weighted by Gasteiger charge is 2.01. The monoisotopic (exact) mass is 328 g/mol. The molecule has 2 aromatic rings. The SMILES string of the molecule is COCCOc1ccc(CNC(=O)NCc2ccc(C)cc2)cc1. The van der Waals surface area contributed by atoms with Crippen molar-refractivity contribution in [1.82, 2.24) is 10.6 Å². The van der Waals surface area contributed by atoms with Crippen LogP contribution >= 0.6 is 0 Å². The lowest BCUT2D eigenvalue weighted by atomic mass is 10.1. The zero-order chi connectivity index (χ0) is 17.2. The Balaban J connectivity index is 1.70. The minimum Gasteiger partial charge on any atom is -0.491 e. The number of hydrogen-bond acceptors (Lipinski definition) is 3. The third-order valence-corrected chi connectivity index (χ3v) is 3.51. The summed E-state index contributed by atoms with van der Waals surface area (Å²) in [6.07, 6.45) is 0. The van der Waals surface area contributed by atoms with Crippen molar-refractivity contribution in [3.8, 4) is 5.75 Å². The molecule has 0 heterocycles. The number of carbonyl (C=O) groups excluding carboxylic acids is 1. The molecule has 2 amide bonds. The van der Waals surface area contributed by atoms with E-state index in [9.17, 15) is 4.79 Å². The number of methoxy groups -OCH3 is 1. The average molecular weight is 328 g/mol. The van der Waals surface area contributed by atoms with Gasteiger partial charge in [-0.05, 0) is 30.2 Å². The van der Waals surface area contributed by atoms with Gasteiger partial charge in [-0.25, -0.2) is 4.79 Å². The highest BCUT2D eigenvalue weighted by Crippen LogP contribution is 2.12. The Labute approximate surface area is 143 Å². The molecule has 0 saturated carbocycles. The molecule has 0 spiro atoms. The number of amides is 2. The van der Waals surface area contributed by atoms with E-state index in [2.05, 4.69) is 10.6 Å². The number of ether oxygens (including phenoxy) is 2. The van der Waals surface area contributed by atoms with Crippen LogP contribution in [0.25, 0.3) is 0 Å². The fraction of sp³-hybridized carbons (Fsp3) is 0.316. The van der Waals surface area contributed by atoms with E-state index in [1.54, 1.807) is 7.11 Å². The molecule has 0 fully saturated rings. The summed E-state index contributed by atoms with van der Waals surface area (Å²) >= 11 is 0. The summed E-state index contributed by atoms with van der Waals surface area (Å²) in [4.78, 5) is 11.8. The van der Waals surface area contributed by atoms with Gasteiger partial charge in [-0.3, -0.25) is 0 Å². The highest BCUT2D eigenvalue weighted by molar-refractivity contribution is 5.73. The van der Waals surface area contributed by atoms with Gasteiger partial charge in [0.05, 0.1) is 6.61 Å². The Morgan fingerprint density at radius 1 is 0.875 bits per heavy atom. The summed E-state index contributed by atoms with van der Waals surface area (Å²) in [7, 11) is 1.64. The van der Waals surface area contributed by atoms with Gasteiger partial charge in [0.1, 0.15) is 12.4 Å². The molecule has 24 heavy (non-hydrogen) atoms. The van der Waals surface area contributed by atoms with Crippen molar-refractivity contribution >= 4 is 6.03 Å². The van der Waals surface area contributed by atoms with Crippen LogP contribution in [0.5, 0.6) is 5.75 Å². The maximum atomic E-state index is 11.8. The number of hydrogen-bond donors (Lipinski definition) is 2. The lowest BCUT2D eigenvalue weighted by Crippen LogP contribution is -2.34. The molecule has 0 aliphatic rings. The molecule has 0 aliphatic heterocycles. The van der Waals surface area contributed by atoms with Gasteiger partial charge in [-0.2, -0.15) is 0 Å². The van der Waals surface area contributed by atoms with Crippen molar-refractivity contribution in [2.45, 2.75) is 20.0 Å². The van der Waals surface area contributed by atoms with E-state index in [4.69, 9.17) is 9.47 Å². The van der Waals surface area contributed by atoms with Crippen LogP contribution in [-0.2, 0) is 17.8 Å². The topological polar surface area (TPSA) is 59.6 Å². The van der Waals surface area contributed by atoms with Crippen LogP contribution < -0.4 is 15.4 Å². The third kappa shape index (κ3) is 6.30. The van der Waals surface area contributed by atoms with E-state index >= 15 is 0 Å². The predicted octanol–water partition coefficient (Wildman–Crippen LogP) is 3.02. The van der Waals surface area contributed by atoms with E-state index in [0.717, 1.165) is 16.9 Å². The standard InChI is InChI=1S/C19H24N2O3/c1-15-3-5-16(6-4-15)13-20-19(22)21-14-17-7-9-18(10-8-17)24-12-11-23-2/h3-10H,11-14H2,1-2H3,(H2,20,21,22). The first-order valence-electron chi connectivity index (χ1n) is 7.95. The molecule has 2 aromatic carbocycles. The molecule has 2 N–H and O–H groups in total. The molecule has 0 saturated heterocycles. The Morgan fingerprint density at radius 3 is 1.96 bits per heavy atom. The first kappa shape index (κ1) is 17.8. The first-order chi connectivity index (χ1) is 11.7. The van der Waals surface area contributed by atoms with Crippen molar-refractivity contribution < 1.29 is 14.3 Å². The lowest BCUT2D eigenvalue weighted by molar-refractivity contribution is 0.146. The van der Waals surface area contributed by atoms with Crippen LogP contribution in [0.15, 0.2) is 48.5 Å². The van der Waals surface area contributed by atoms with Gasteiger partial charge in [-0.1, -0.05) is 42.0 Å². The number of rotatable bonds is 8. The minimum atomic E-state index is -0.184. The maximum absolute atomic E-state index is 11.8. The molecule has 0 radical (unpaired) electrons. The summed E-state index contributed by atoms with van der Waals surface area (Å²) in [5.41, 5.74) is 3.30. The van der Waals surface area contributed by atoms with Crippen LogP contribution in [0, 0.1) is 6.92 Å². The van der Waals surface area contributed by atoms with Gasteiger partial charge in [-0.15, -0.1) is 0 Å². The molecule has 0 bridgehead atoms. The van der Waals surface area contributed by atoms with Crippen molar-refractivity contribution in [3.05, 3.63) is 65.2 Å². The fourth-order valence-corrected chi connectivity index (χ4v) is 2.08. The van der Waals surface area contributed by atoms with Crippen LogP contribution in [0.2, 0.25) is 0 Å². The summed E-state index contributed by atoms with van der Waals surface area (Å²) < 4.78 is 10.4. The minimum absolute atomic E-state index is 0.184. The molecular weight excluding hydrogens is 304 g/mol. The number of nitrogens with one attached hydrogen (secondary N) is 2. The zero-order valence-corrected chi connectivity index (χ0v) is 14.2. The predicted molar refractivity (Wildman–Crippen MR) is 94.1 cm³/mol. The molecular formula is C19H24N2O3. The Hall–Kier alpha value is -2.53. The van der Waals surface area contributed by atoms with E-state index < -0.39 is 0 Å². The molecule has 0 atom stereocenters. The second-order valence-corrected chi connectivity index (χ2v) is 5.51. The lowest BCUT2D eigenvalue weighted by Gasteiger charge is -2.09. The molecule has 0 aliphatic carbocycles. The first-order valence-corrected chi connectivity index (χ1v) is 7.95. The second kappa shape index (κ2) is 9.57. The third-order valence-electron chi connectivity index (χ3n) is 3.51. The van der Waals surface area contributed by atoms with Crippen molar-refractivity contribution in [2.75, 3.05) is 20.3 Å². The number of benzene rings is 2. The van der Waals surface area contributed by atoms with Crippen LogP contribution in [0.3, 0.4) is 0 Å². The normalized spacial score (nSPS) is 10.2. The molecule has 0 aromatic heterocycles. The van der Waals surface area contributed by atoms with Gasteiger partial charge in [0.15, 0.2) is 0 Å². The summed E-state index contributed by atoms with van der Waals surface area (Å²) in [6.45, 7) is 4.11.